The summed E-state index contributed by atoms with van der Waals surface area (Å²) in [6.45, 7) is 4.94. The molecule has 1 aliphatic heterocycles. The lowest BCUT2D eigenvalue weighted by molar-refractivity contribution is -0.141. The Balaban J connectivity index is 1.85. The van der Waals surface area contributed by atoms with E-state index >= 15 is 0 Å². The predicted molar refractivity (Wildman–Crippen MR) is 110 cm³/mol. The molecule has 0 aromatic heterocycles. The Hall–Kier alpha value is -2.12. The SMILES string of the molecule is CC1(C)CCCN(C(=O)C2(c3ccc(Cl)cc3)CCC2)CC/C=C(/C#N)C1=O. The fourth-order valence-corrected chi connectivity index (χ4v) is 4.41. The first-order valence-electron chi connectivity index (χ1n) is 10.0. The molecule has 4 nitrogen and oxygen atoms in total. The lowest BCUT2D eigenvalue weighted by atomic mass is 9.63. The maximum absolute atomic E-state index is 13.6. The van der Waals surface area contributed by atoms with Crippen LogP contribution in [0, 0.1) is 16.7 Å². The Bertz CT molecular complexity index is 829. The van der Waals surface area contributed by atoms with Crippen LogP contribution in [0.15, 0.2) is 35.9 Å². The summed E-state index contributed by atoms with van der Waals surface area (Å²) in [6, 6.07) is 9.69. The van der Waals surface area contributed by atoms with E-state index in [9.17, 15) is 14.9 Å². The molecule has 3 rings (SSSR count). The lowest BCUT2D eigenvalue weighted by Gasteiger charge is -2.44. The van der Waals surface area contributed by atoms with Gasteiger partial charge in [-0.1, -0.05) is 50.1 Å². The normalized spacial score (nSPS) is 23.7. The van der Waals surface area contributed by atoms with E-state index in [4.69, 9.17) is 11.6 Å². The quantitative estimate of drug-likeness (QED) is 0.717. The van der Waals surface area contributed by atoms with Crippen molar-refractivity contribution in [2.24, 2.45) is 5.41 Å². The van der Waals surface area contributed by atoms with Crippen LogP contribution in [-0.4, -0.2) is 29.7 Å². The molecule has 0 unspecified atom stereocenters. The smallest absolute Gasteiger partial charge is 0.233 e. The Morgan fingerprint density at radius 2 is 1.79 bits per heavy atom. The summed E-state index contributed by atoms with van der Waals surface area (Å²) < 4.78 is 0. The third-order valence-corrected chi connectivity index (χ3v) is 6.51. The molecule has 0 N–H and O–H groups in total. The first kappa shape index (κ1) is 20.6. The molecule has 0 radical (unpaired) electrons. The minimum atomic E-state index is -0.585. The zero-order valence-electron chi connectivity index (χ0n) is 16.6. The van der Waals surface area contributed by atoms with E-state index in [-0.39, 0.29) is 17.3 Å². The third-order valence-electron chi connectivity index (χ3n) is 6.26. The average molecular weight is 399 g/mol. The van der Waals surface area contributed by atoms with Crippen molar-refractivity contribution in [2.75, 3.05) is 13.1 Å². The summed E-state index contributed by atoms with van der Waals surface area (Å²) in [4.78, 5) is 28.1. The van der Waals surface area contributed by atoms with Crippen molar-refractivity contribution >= 4 is 23.3 Å². The first-order valence-corrected chi connectivity index (χ1v) is 10.4. The van der Waals surface area contributed by atoms with E-state index in [0.29, 0.717) is 31.0 Å². The molecule has 148 valence electrons. The van der Waals surface area contributed by atoms with Crippen LogP contribution < -0.4 is 0 Å². The van der Waals surface area contributed by atoms with Gasteiger partial charge in [0.1, 0.15) is 6.07 Å². The van der Waals surface area contributed by atoms with E-state index in [1.165, 1.54) is 0 Å². The summed E-state index contributed by atoms with van der Waals surface area (Å²) in [6.07, 6.45) is 6.38. The molecule has 1 aliphatic carbocycles. The monoisotopic (exact) mass is 398 g/mol. The molecular formula is C23H27ClN2O2. The molecule has 0 spiro atoms. The minimum Gasteiger partial charge on any atom is -0.342 e. The number of carbonyl (C=O) groups excluding carboxylic acids is 2. The zero-order valence-corrected chi connectivity index (χ0v) is 17.4. The Morgan fingerprint density at radius 1 is 1.11 bits per heavy atom. The van der Waals surface area contributed by atoms with Crippen molar-refractivity contribution in [3.63, 3.8) is 0 Å². The average Bonchev–Trinajstić information content (AvgIpc) is 2.63. The lowest BCUT2D eigenvalue weighted by Crippen LogP contribution is -2.51. The highest BCUT2D eigenvalue weighted by atomic mass is 35.5. The highest BCUT2D eigenvalue weighted by Crippen LogP contribution is 2.45. The van der Waals surface area contributed by atoms with E-state index < -0.39 is 10.8 Å². The fourth-order valence-electron chi connectivity index (χ4n) is 4.29. The molecule has 2 aliphatic rings. The number of halogens is 1. The van der Waals surface area contributed by atoms with Crippen molar-refractivity contribution in [2.45, 2.75) is 57.8 Å². The number of hydrogen-bond acceptors (Lipinski definition) is 3. The number of ketones is 1. The van der Waals surface area contributed by atoms with Gasteiger partial charge in [0.05, 0.1) is 11.0 Å². The van der Waals surface area contributed by atoms with Crippen LogP contribution in [0.4, 0.5) is 0 Å². The van der Waals surface area contributed by atoms with Gasteiger partial charge < -0.3 is 4.90 Å². The van der Waals surface area contributed by atoms with E-state index in [1.54, 1.807) is 6.08 Å². The molecule has 28 heavy (non-hydrogen) atoms. The second-order valence-electron chi connectivity index (χ2n) is 8.57. The molecule has 1 saturated carbocycles. The second-order valence-corrected chi connectivity index (χ2v) is 9.01. The molecule has 0 bridgehead atoms. The summed E-state index contributed by atoms with van der Waals surface area (Å²) in [5, 5.41) is 10.0. The van der Waals surface area contributed by atoms with Crippen molar-refractivity contribution in [3.05, 3.63) is 46.5 Å². The van der Waals surface area contributed by atoms with Gasteiger partial charge >= 0.3 is 0 Å². The molecular weight excluding hydrogens is 372 g/mol. The summed E-state index contributed by atoms with van der Waals surface area (Å²) >= 11 is 6.03. The van der Waals surface area contributed by atoms with Gasteiger partial charge in [0.2, 0.25) is 5.91 Å². The van der Waals surface area contributed by atoms with Gasteiger partial charge in [-0.3, -0.25) is 9.59 Å². The fraction of sp³-hybridized carbons (Fsp3) is 0.522. The molecule has 1 fully saturated rings. The number of benzene rings is 1. The zero-order chi connectivity index (χ0) is 20.4. The Labute approximate surface area is 172 Å². The number of nitriles is 1. The molecule has 0 saturated heterocycles. The Kier molecular flexibility index (Phi) is 5.95. The summed E-state index contributed by atoms with van der Waals surface area (Å²) in [5.41, 5.74) is 0.212. The van der Waals surface area contributed by atoms with Gasteiger partial charge in [-0.15, -0.1) is 0 Å². The molecule has 5 heteroatoms. The standard InChI is InChI=1S/C23H27ClN2O2/c1-22(2)11-5-15-26(14-3-6-17(16-25)20(22)27)21(28)23(12-4-13-23)18-7-9-19(24)10-8-18/h6-10H,3-5,11-15H2,1-2H3/b17-6-. The van der Waals surface area contributed by atoms with E-state index in [1.807, 2.05) is 49.1 Å². The van der Waals surface area contributed by atoms with Gasteiger partial charge in [-0.05, 0) is 49.8 Å². The second kappa shape index (κ2) is 8.09. The van der Waals surface area contributed by atoms with Crippen LogP contribution in [0.1, 0.15) is 57.9 Å². The van der Waals surface area contributed by atoms with E-state index in [0.717, 1.165) is 31.2 Å². The van der Waals surface area contributed by atoms with E-state index in [2.05, 4.69) is 0 Å². The molecule has 0 atom stereocenters. The number of amides is 1. The minimum absolute atomic E-state index is 0.0913. The highest BCUT2D eigenvalue weighted by Gasteiger charge is 2.47. The highest BCUT2D eigenvalue weighted by molar-refractivity contribution is 6.30. The summed E-state index contributed by atoms with van der Waals surface area (Å²) in [5.74, 6) is 0.0732. The first-order chi connectivity index (χ1) is 13.3. The van der Waals surface area contributed by atoms with Crippen molar-refractivity contribution in [3.8, 4) is 6.07 Å². The molecule has 1 amide bonds. The largest absolute Gasteiger partial charge is 0.342 e. The van der Waals surface area contributed by atoms with Gasteiger partial charge in [0.25, 0.3) is 0 Å². The Morgan fingerprint density at radius 3 is 2.36 bits per heavy atom. The van der Waals surface area contributed by atoms with Crippen molar-refractivity contribution < 1.29 is 9.59 Å². The number of hydrogen-bond donors (Lipinski definition) is 0. The van der Waals surface area contributed by atoms with Crippen LogP contribution in [0.25, 0.3) is 0 Å². The molecule has 1 aromatic carbocycles. The van der Waals surface area contributed by atoms with Gasteiger partial charge in [0.15, 0.2) is 5.78 Å². The molecule has 1 heterocycles. The maximum atomic E-state index is 13.6. The number of nitrogens with zero attached hydrogens (tertiary/aromatic N) is 2. The van der Waals surface area contributed by atoms with Crippen molar-refractivity contribution in [1.29, 1.82) is 5.26 Å². The van der Waals surface area contributed by atoms with Crippen LogP contribution in [-0.2, 0) is 15.0 Å². The van der Waals surface area contributed by atoms with Crippen LogP contribution in [0.2, 0.25) is 5.02 Å². The number of allylic oxidation sites excluding steroid dienone is 1. The number of Topliss-reactive ketones (excluding diaryl/α,β-unsaturated/α-hetero) is 1. The van der Waals surface area contributed by atoms with Crippen LogP contribution in [0.5, 0.6) is 0 Å². The van der Waals surface area contributed by atoms with Crippen LogP contribution >= 0.6 is 11.6 Å². The number of carbonyl (C=O) groups is 2. The van der Waals surface area contributed by atoms with Gasteiger partial charge in [-0.2, -0.15) is 5.26 Å². The third kappa shape index (κ3) is 3.86. The van der Waals surface area contributed by atoms with Gasteiger partial charge in [-0.25, -0.2) is 0 Å². The van der Waals surface area contributed by atoms with Crippen molar-refractivity contribution in [1.82, 2.24) is 4.90 Å². The summed E-state index contributed by atoms with van der Waals surface area (Å²) in [7, 11) is 0. The number of rotatable bonds is 2. The van der Waals surface area contributed by atoms with Gasteiger partial charge in [0, 0.05) is 23.5 Å². The van der Waals surface area contributed by atoms with Crippen LogP contribution in [0.3, 0.4) is 0 Å². The predicted octanol–water partition coefficient (Wildman–Crippen LogP) is 4.82. The topological polar surface area (TPSA) is 61.2 Å². The molecule has 1 aromatic rings. The maximum Gasteiger partial charge on any atom is 0.233 e.